The van der Waals surface area contributed by atoms with Crippen LogP contribution in [0.15, 0.2) is 0 Å². The molecule has 1 N–H and O–H groups in total. The molecule has 2 aliphatic carbocycles. The molecule has 0 amide bonds. The largest absolute Gasteiger partial charge is 0.314 e. The zero-order valence-electron chi connectivity index (χ0n) is 14.7. The van der Waals surface area contributed by atoms with Crippen LogP contribution in [0.2, 0.25) is 0 Å². The average Bonchev–Trinajstić information content (AvgIpc) is 2.99. The molecule has 2 unspecified atom stereocenters. The van der Waals surface area contributed by atoms with Crippen LogP contribution < -0.4 is 5.32 Å². The topological polar surface area (TPSA) is 15.3 Å². The van der Waals surface area contributed by atoms with Gasteiger partial charge in [0.1, 0.15) is 0 Å². The molecule has 0 spiro atoms. The summed E-state index contributed by atoms with van der Waals surface area (Å²) in [6, 6.07) is 1.68. The second-order valence-electron chi connectivity index (χ2n) is 7.82. The number of hydrogen-bond acceptors (Lipinski definition) is 2. The highest BCUT2D eigenvalue weighted by molar-refractivity contribution is 4.86. The maximum Gasteiger partial charge on any atom is 0.0107 e. The second kappa shape index (κ2) is 9.15. The minimum atomic E-state index is 0.784. The minimum Gasteiger partial charge on any atom is -0.314 e. The number of nitrogens with one attached hydrogen (secondary N) is 1. The first-order valence-corrected chi connectivity index (χ1v) is 9.68. The summed E-state index contributed by atoms with van der Waals surface area (Å²) < 4.78 is 0. The fraction of sp³-hybridized carbons (Fsp3) is 1.00. The Morgan fingerprint density at radius 1 is 1.00 bits per heavy atom. The third-order valence-corrected chi connectivity index (χ3v) is 5.68. The molecule has 124 valence electrons. The highest BCUT2D eigenvalue weighted by Crippen LogP contribution is 2.29. The molecule has 2 atom stereocenters. The van der Waals surface area contributed by atoms with Crippen molar-refractivity contribution in [3.8, 4) is 0 Å². The molecule has 0 saturated heterocycles. The van der Waals surface area contributed by atoms with Crippen LogP contribution in [0, 0.1) is 11.8 Å². The molecule has 2 saturated carbocycles. The van der Waals surface area contributed by atoms with Crippen molar-refractivity contribution in [3.05, 3.63) is 0 Å². The predicted molar refractivity (Wildman–Crippen MR) is 92.7 cm³/mol. The Balaban J connectivity index is 1.91. The van der Waals surface area contributed by atoms with Gasteiger partial charge in [-0.1, -0.05) is 46.5 Å². The van der Waals surface area contributed by atoms with Gasteiger partial charge in [-0.3, -0.25) is 0 Å². The highest BCUT2D eigenvalue weighted by atomic mass is 15.2. The monoisotopic (exact) mass is 294 g/mol. The molecule has 0 aromatic carbocycles. The Hall–Kier alpha value is -0.0800. The summed E-state index contributed by atoms with van der Waals surface area (Å²) in [7, 11) is 0. The Labute approximate surface area is 133 Å². The summed E-state index contributed by atoms with van der Waals surface area (Å²) in [5.41, 5.74) is 0. The lowest BCUT2D eigenvalue weighted by molar-refractivity contribution is 0.124. The van der Waals surface area contributed by atoms with Gasteiger partial charge >= 0.3 is 0 Å². The number of rotatable bonds is 8. The fourth-order valence-corrected chi connectivity index (χ4v) is 4.37. The van der Waals surface area contributed by atoms with Gasteiger partial charge in [0, 0.05) is 18.6 Å². The Bertz CT molecular complexity index is 269. The van der Waals surface area contributed by atoms with E-state index in [-0.39, 0.29) is 0 Å². The first-order valence-electron chi connectivity index (χ1n) is 9.68. The van der Waals surface area contributed by atoms with Crippen molar-refractivity contribution in [1.82, 2.24) is 10.2 Å². The summed E-state index contributed by atoms with van der Waals surface area (Å²) in [6.45, 7) is 10.8. The first kappa shape index (κ1) is 17.3. The second-order valence-corrected chi connectivity index (χ2v) is 7.82. The third kappa shape index (κ3) is 5.56. The van der Waals surface area contributed by atoms with Gasteiger partial charge in [-0.15, -0.1) is 0 Å². The molecule has 2 nitrogen and oxygen atoms in total. The Morgan fingerprint density at radius 2 is 1.67 bits per heavy atom. The highest BCUT2D eigenvalue weighted by Gasteiger charge is 2.29. The van der Waals surface area contributed by atoms with Crippen molar-refractivity contribution < 1.29 is 0 Å². The maximum atomic E-state index is 3.77. The zero-order chi connectivity index (χ0) is 15.1. The lowest BCUT2D eigenvalue weighted by atomic mass is 9.83. The Kier molecular flexibility index (Phi) is 7.53. The molecular formula is C19H38N2. The van der Waals surface area contributed by atoms with Crippen molar-refractivity contribution in [2.45, 2.75) is 90.6 Å². The van der Waals surface area contributed by atoms with E-state index in [4.69, 9.17) is 0 Å². The molecule has 0 aromatic rings. The maximum absolute atomic E-state index is 3.77. The molecule has 2 heteroatoms. The van der Waals surface area contributed by atoms with Crippen molar-refractivity contribution in [2.75, 3.05) is 19.6 Å². The van der Waals surface area contributed by atoms with E-state index in [0.717, 1.165) is 30.5 Å². The van der Waals surface area contributed by atoms with Gasteiger partial charge < -0.3 is 10.2 Å². The van der Waals surface area contributed by atoms with E-state index < -0.39 is 0 Å². The third-order valence-electron chi connectivity index (χ3n) is 5.68. The average molecular weight is 295 g/mol. The van der Waals surface area contributed by atoms with Gasteiger partial charge in [-0.2, -0.15) is 0 Å². The van der Waals surface area contributed by atoms with E-state index in [1.807, 2.05) is 0 Å². The zero-order valence-corrected chi connectivity index (χ0v) is 14.7. The van der Waals surface area contributed by atoms with Crippen LogP contribution in [0.3, 0.4) is 0 Å². The normalized spacial score (nSPS) is 27.9. The molecule has 0 radical (unpaired) electrons. The smallest absolute Gasteiger partial charge is 0.0107 e. The van der Waals surface area contributed by atoms with Gasteiger partial charge in [0.05, 0.1) is 0 Å². The van der Waals surface area contributed by atoms with Gasteiger partial charge in [0.2, 0.25) is 0 Å². The quantitative estimate of drug-likeness (QED) is 0.711. The summed E-state index contributed by atoms with van der Waals surface area (Å²) in [5, 5.41) is 3.77. The van der Waals surface area contributed by atoms with Gasteiger partial charge in [0.25, 0.3) is 0 Å². The lowest BCUT2D eigenvalue weighted by Crippen LogP contribution is -2.46. The first-order chi connectivity index (χ1) is 10.2. The fourth-order valence-electron chi connectivity index (χ4n) is 4.37. The van der Waals surface area contributed by atoms with Crippen molar-refractivity contribution >= 4 is 0 Å². The molecule has 2 fully saturated rings. The van der Waals surface area contributed by atoms with Crippen LogP contribution >= 0.6 is 0 Å². The van der Waals surface area contributed by atoms with E-state index in [9.17, 15) is 0 Å². The predicted octanol–water partition coefficient (Wildman–Crippen LogP) is 4.45. The van der Waals surface area contributed by atoms with Gasteiger partial charge in [0.15, 0.2) is 0 Å². The van der Waals surface area contributed by atoms with Crippen LogP contribution in [-0.2, 0) is 0 Å². The molecule has 0 aromatic heterocycles. The number of hydrogen-bond donors (Lipinski definition) is 1. The van der Waals surface area contributed by atoms with Crippen molar-refractivity contribution in [3.63, 3.8) is 0 Å². The minimum absolute atomic E-state index is 0.784. The van der Waals surface area contributed by atoms with Crippen LogP contribution in [0.4, 0.5) is 0 Å². The summed E-state index contributed by atoms with van der Waals surface area (Å²) in [6.07, 6.45) is 12.9. The van der Waals surface area contributed by atoms with Crippen LogP contribution in [0.1, 0.15) is 78.6 Å². The van der Waals surface area contributed by atoms with E-state index in [1.165, 1.54) is 70.9 Å². The van der Waals surface area contributed by atoms with Crippen molar-refractivity contribution in [2.24, 2.45) is 11.8 Å². The molecule has 0 heterocycles. The molecule has 0 bridgehead atoms. The van der Waals surface area contributed by atoms with Gasteiger partial charge in [-0.25, -0.2) is 0 Å². The molecule has 0 aliphatic heterocycles. The van der Waals surface area contributed by atoms with Crippen LogP contribution in [-0.4, -0.2) is 36.6 Å². The van der Waals surface area contributed by atoms with Crippen LogP contribution in [0.5, 0.6) is 0 Å². The Morgan fingerprint density at radius 3 is 2.33 bits per heavy atom. The molecule has 2 aliphatic rings. The summed E-state index contributed by atoms with van der Waals surface area (Å²) in [5.74, 6) is 1.73. The van der Waals surface area contributed by atoms with E-state index >= 15 is 0 Å². The van der Waals surface area contributed by atoms with Gasteiger partial charge in [-0.05, 0) is 57.0 Å². The summed E-state index contributed by atoms with van der Waals surface area (Å²) in [4.78, 5) is 2.88. The molecular weight excluding hydrogens is 256 g/mol. The SMILES string of the molecule is CCNC1CCCCC1CN(CCC(C)C)C1CCCC1. The standard InChI is InChI=1S/C19H38N2/c1-4-20-19-12-8-5-9-17(19)15-21(14-13-16(2)3)18-10-6-7-11-18/h16-20H,4-15H2,1-3H3. The van der Waals surface area contributed by atoms with Crippen molar-refractivity contribution in [1.29, 1.82) is 0 Å². The van der Waals surface area contributed by atoms with E-state index in [1.54, 1.807) is 0 Å². The molecule has 21 heavy (non-hydrogen) atoms. The lowest BCUT2D eigenvalue weighted by Gasteiger charge is -2.38. The van der Waals surface area contributed by atoms with E-state index in [2.05, 4.69) is 31.0 Å². The number of nitrogens with zero attached hydrogens (tertiary/aromatic N) is 1. The summed E-state index contributed by atoms with van der Waals surface area (Å²) >= 11 is 0. The van der Waals surface area contributed by atoms with Crippen LogP contribution in [0.25, 0.3) is 0 Å². The molecule has 2 rings (SSSR count). The van der Waals surface area contributed by atoms with E-state index in [0.29, 0.717) is 0 Å².